The molecule has 0 unspecified atom stereocenters. The first-order valence-electron chi connectivity index (χ1n) is 7.12. The zero-order valence-electron chi connectivity index (χ0n) is 11.9. The van der Waals surface area contributed by atoms with E-state index in [1.54, 1.807) is 4.31 Å². The highest BCUT2D eigenvalue weighted by atomic mass is 35.5. The fraction of sp³-hybridized carbons (Fsp3) is 0.571. The Labute approximate surface area is 131 Å². The maximum Gasteiger partial charge on any atom is 0.214 e. The second-order valence-electron chi connectivity index (χ2n) is 5.11. The molecule has 0 aliphatic carbocycles. The van der Waals surface area contributed by atoms with E-state index in [0.29, 0.717) is 44.0 Å². The van der Waals surface area contributed by atoms with Crippen molar-refractivity contribution in [2.24, 2.45) is 0 Å². The van der Waals surface area contributed by atoms with Crippen LogP contribution < -0.4 is 4.90 Å². The molecule has 0 saturated carbocycles. The molecule has 0 spiro atoms. The molecule has 2 rings (SSSR count). The van der Waals surface area contributed by atoms with Crippen LogP contribution in [0.4, 0.5) is 5.69 Å². The maximum atomic E-state index is 12.2. The summed E-state index contributed by atoms with van der Waals surface area (Å²) >= 11 is 5.87. The third-order valence-electron chi connectivity index (χ3n) is 3.63. The first kappa shape index (κ1) is 16.5. The van der Waals surface area contributed by atoms with Gasteiger partial charge in [-0.05, 0) is 37.1 Å². The number of benzene rings is 1. The predicted molar refractivity (Wildman–Crippen MR) is 85.3 cm³/mol. The van der Waals surface area contributed by atoms with E-state index in [4.69, 9.17) is 16.7 Å². The van der Waals surface area contributed by atoms with Gasteiger partial charge in [0.05, 0.1) is 5.75 Å². The summed E-state index contributed by atoms with van der Waals surface area (Å²) in [6, 6.07) is 7.59. The minimum atomic E-state index is -3.19. The van der Waals surface area contributed by atoms with Gasteiger partial charge in [0.1, 0.15) is 0 Å². The Bertz CT molecular complexity index is 540. The summed E-state index contributed by atoms with van der Waals surface area (Å²) in [4.78, 5) is 2.16. The van der Waals surface area contributed by atoms with Gasteiger partial charge in [0, 0.05) is 43.5 Å². The van der Waals surface area contributed by atoms with Gasteiger partial charge in [-0.15, -0.1) is 0 Å². The summed E-state index contributed by atoms with van der Waals surface area (Å²) in [5.74, 6) is 0.120. The lowest BCUT2D eigenvalue weighted by atomic mass is 10.2. The number of hydrogen-bond donors (Lipinski definition) is 1. The number of anilines is 1. The van der Waals surface area contributed by atoms with Crippen molar-refractivity contribution in [3.8, 4) is 0 Å². The third kappa shape index (κ3) is 4.57. The zero-order valence-corrected chi connectivity index (χ0v) is 13.5. The Morgan fingerprint density at radius 3 is 2.24 bits per heavy atom. The first-order valence-corrected chi connectivity index (χ1v) is 9.11. The second kappa shape index (κ2) is 7.45. The predicted octanol–water partition coefficient (Wildman–Crippen LogP) is 1.56. The van der Waals surface area contributed by atoms with E-state index < -0.39 is 10.0 Å². The molecule has 118 valence electrons. The number of halogens is 1. The van der Waals surface area contributed by atoms with Crippen LogP contribution in [0, 0.1) is 0 Å². The van der Waals surface area contributed by atoms with Crippen molar-refractivity contribution in [2.45, 2.75) is 12.8 Å². The van der Waals surface area contributed by atoms with E-state index in [2.05, 4.69) is 4.90 Å². The van der Waals surface area contributed by atoms with Gasteiger partial charge in [-0.1, -0.05) is 11.6 Å². The average molecular weight is 333 g/mol. The van der Waals surface area contributed by atoms with Crippen LogP contribution in [-0.2, 0) is 10.0 Å². The minimum Gasteiger partial charge on any atom is -0.396 e. The van der Waals surface area contributed by atoms with E-state index in [1.807, 2.05) is 24.3 Å². The molecule has 0 radical (unpaired) electrons. The Morgan fingerprint density at radius 2 is 1.67 bits per heavy atom. The van der Waals surface area contributed by atoms with E-state index in [0.717, 1.165) is 5.69 Å². The number of rotatable bonds is 6. The van der Waals surface area contributed by atoms with Gasteiger partial charge in [0.25, 0.3) is 0 Å². The van der Waals surface area contributed by atoms with Crippen molar-refractivity contribution in [3.63, 3.8) is 0 Å². The standard InChI is InChI=1S/C14H21ClN2O3S/c15-13-3-5-14(6-4-13)16-7-9-17(10-8-16)21(19,20)12-2-1-11-18/h3-6,18H,1-2,7-12H2. The molecule has 1 N–H and O–H groups in total. The van der Waals surface area contributed by atoms with Crippen LogP contribution in [0.25, 0.3) is 0 Å². The molecule has 21 heavy (non-hydrogen) atoms. The number of hydrogen-bond acceptors (Lipinski definition) is 4. The summed E-state index contributed by atoms with van der Waals surface area (Å²) in [7, 11) is -3.19. The molecule has 1 heterocycles. The van der Waals surface area contributed by atoms with Crippen molar-refractivity contribution in [3.05, 3.63) is 29.3 Å². The highest BCUT2D eigenvalue weighted by molar-refractivity contribution is 7.89. The molecule has 1 saturated heterocycles. The van der Waals surface area contributed by atoms with Crippen LogP contribution in [0.2, 0.25) is 5.02 Å². The normalized spacial score (nSPS) is 17.1. The first-order chi connectivity index (χ1) is 10.0. The molecule has 7 heteroatoms. The van der Waals surface area contributed by atoms with Crippen LogP contribution >= 0.6 is 11.6 Å². The van der Waals surface area contributed by atoms with Gasteiger partial charge in [0.15, 0.2) is 0 Å². The lowest BCUT2D eigenvalue weighted by Gasteiger charge is -2.35. The molecule has 5 nitrogen and oxygen atoms in total. The summed E-state index contributed by atoms with van der Waals surface area (Å²) in [6.07, 6.45) is 1.04. The molecule has 1 aliphatic heterocycles. The van der Waals surface area contributed by atoms with Gasteiger partial charge >= 0.3 is 0 Å². The van der Waals surface area contributed by atoms with E-state index in [9.17, 15) is 8.42 Å². The van der Waals surface area contributed by atoms with Gasteiger partial charge in [0.2, 0.25) is 10.0 Å². The van der Waals surface area contributed by atoms with Crippen LogP contribution in [0.3, 0.4) is 0 Å². The lowest BCUT2D eigenvalue weighted by molar-refractivity contribution is 0.286. The second-order valence-corrected chi connectivity index (χ2v) is 7.63. The highest BCUT2D eigenvalue weighted by Gasteiger charge is 2.26. The third-order valence-corrected chi connectivity index (χ3v) is 5.84. The van der Waals surface area contributed by atoms with Crippen molar-refractivity contribution in [1.29, 1.82) is 0 Å². The zero-order chi connectivity index (χ0) is 15.3. The Kier molecular flexibility index (Phi) is 5.87. The van der Waals surface area contributed by atoms with E-state index in [1.165, 1.54) is 0 Å². The largest absolute Gasteiger partial charge is 0.396 e. The topological polar surface area (TPSA) is 60.9 Å². The average Bonchev–Trinajstić information content (AvgIpc) is 2.48. The maximum absolute atomic E-state index is 12.2. The number of nitrogens with zero attached hydrogens (tertiary/aromatic N) is 2. The number of sulfonamides is 1. The van der Waals surface area contributed by atoms with Crippen LogP contribution in [-0.4, -0.2) is 56.4 Å². The lowest BCUT2D eigenvalue weighted by Crippen LogP contribution is -2.49. The van der Waals surface area contributed by atoms with Crippen molar-refractivity contribution in [2.75, 3.05) is 43.4 Å². The molecule has 1 fully saturated rings. The minimum absolute atomic E-state index is 0.0415. The summed E-state index contributed by atoms with van der Waals surface area (Å²) in [5, 5.41) is 9.43. The number of piperazine rings is 1. The monoisotopic (exact) mass is 332 g/mol. The molecular weight excluding hydrogens is 312 g/mol. The number of unbranched alkanes of at least 4 members (excludes halogenated alkanes) is 1. The van der Waals surface area contributed by atoms with Crippen molar-refractivity contribution < 1.29 is 13.5 Å². The Morgan fingerprint density at radius 1 is 1.05 bits per heavy atom. The van der Waals surface area contributed by atoms with Crippen molar-refractivity contribution in [1.82, 2.24) is 4.31 Å². The summed E-state index contributed by atoms with van der Waals surface area (Å²) < 4.78 is 25.9. The Balaban J connectivity index is 1.89. The molecule has 1 aromatic rings. The van der Waals surface area contributed by atoms with E-state index >= 15 is 0 Å². The quantitative estimate of drug-likeness (QED) is 0.803. The SMILES string of the molecule is O=S(=O)(CCCCO)N1CCN(c2ccc(Cl)cc2)CC1. The van der Waals surface area contributed by atoms with Gasteiger partial charge in [-0.3, -0.25) is 0 Å². The van der Waals surface area contributed by atoms with Crippen LogP contribution in [0.5, 0.6) is 0 Å². The number of aliphatic hydroxyl groups excluding tert-OH is 1. The molecule has 1 aromatic carbocycles. The van der Waals surface area contributed by atoms with Gasteiger partial charge in [-0.25, -0.2) is 8.42 Å². The molecule has 0 bridgehead atoms. The Hall–Kier alpha value is -0.820. The summed E-state index contributed by atoms with van der Waals surface area (Å²) in [5.41, 5.74) is 1.07. The smallest absolute Gasteiger partial charge is 0.214 e. The van der Waals surface area contributed by atoms with Crippen molar-refractivity contribution >= 4 is 27.3 Å². The molecule has 0 aromatic heterocycles. The molecular formula is C14H21ClN2O3S. The fourth-order valence-corrected chi connectivity index (χ4v) is 4.07. The fourth-order valence-electron chi connectivity index (χ4n) is 2.40. The highest BCUT2D eigenvalue weighted by Crippen LogP contribution is 2.20. The van der Waals surface area contributed by atoms with E-state index in [-0.39, 0.29) is 12.4 Å². The summed E-state index contributed by atoms with van der Waals surface area (Å²) in [6.45, 7) is 2.41. The van der Waals surface area contributed by atoms with Crippen LogP contribution in [0.15, 0.2) is 24.3 Å². The van der Waals surface area contributed by atoms with Gasteiger partial charge < -0.3 is 10.0 Å². The molecule has 0 amide bonds. The molecule has 0 atom stereocenters. The van der Waals surface area contributed by atoms with Gasteiger partial charge in [-0.2, -0.15) is 4.31 Å². The molecule has 1 aliphatic rings. The number of aliphatic hydroxyl groups is 1. The van der Waals surface area contributed by atoms with Crippen LogP contribution in [0.1, 0.15) is 12.8 Å².